The molecular weight excluding hydrogens is 242 g/mol. The van der Waals surface area contributed by atoms with Gasteiger partial charge in [0.05, 0.1) is 6.61 Å². The molecular formula is C15H25NO3. The highest BCUT2D eigenvalue weighted by Gasteiger charge is 2.29. The van der Waals surface area contributed by atoms with Crippen molar-refractivity contribution < 1.29 is 14.6 Å². The Labute approximate surface area is 115 Å². The molecule has 19 heavy (non-hydrogen) atoms. The molecule has 0 bridgehead atoms. The number of methoxy groups -OCH3 is 1. The van der Waals surface area contributed by atoms with Crippen LogP contribution in [0.5, 0.6) is 0 Å². The minimum absolute atomic E-state index is 0.0367. The second-order valence-corrected chi connectivity index (χ2v) is 4.72. The van der Waals surface area contributed by atoms with E-state index in [1.165, 1.54) is 0 Å². The molecule has 0 amide bonds. The van der Waals surface area contributed by atoms with Gasteiger partial charge in [-0.15, -0.1) is 0 Å². The summed E-state index contributed by atoms with van der Waals surface area (Å²) in [7, 11) is 1.68. The summed E-state index contributed by atoms with van der Waals surface area (Å²) in [5.41, 5.74) is 6.55. The predicted molar refractivity (Wildman–Crippen MR) is 76.2 cm³/mol. The molecule has 0 aliphatic heterocycles. The van der Waals surface area contributed by atoms with Crippen LogP contribution < -0.4 is 5.73 Å². The maximum atomic E-state index is 9.72. The Morgan fingerprint density at radius 3 is 2.47 bits per heavy atom. The van der Waals surface area contributed by atoms with E-state index >= 15 is 0 Å². The van der Waals surface area contributed by atoms with Crippen molar-refractivity contribution in [1.82, 2.24) is 0 Å². The minimum atomic E-state index is -0.400. The Balaban J connectivity index is 2.48. The van der Waals surface area contributed by atoms with Gasteiger partial charge in [0.15, 0.2) is 0 Å². The van der Waals surface area contributed by atoms with Gasteiger partial charge in [0, 0.05) is 38.9 Å². The van der Waals surface area contributed by atoms with Crippen LogP contribution in [0.1, 0.15) is 18.4 Å². The fourth-order valence-electron chi connectivity index (χ4n) is 2.07. The summed E-state index contributed by atoms with van der Waals surface area (Å²) in [6.07, 6.45) is 1.60. The summed E-state index contributed by atoms with van der Waals surface area (Å²) in [6.45, 7) is 2.43. The quantitative estimate of drug-likeness (QED) is 0.628. The van der Waals surface area contributed by atoms with Gasteiger partial charge in [-0.25, -0.2) is 0 Å². The summed E-state index contributed by atoms with van der Waals surface area (Å²) in [4.78, 5) is 0. The van der Waals surface area contributed by atoms with E-state index in [9.17, 15) is 5.11 Å². The molecule has 3 N–H and O–H groups in total. The first-order valence-electron chi connectivity index (χ1n) is 6.72. The molecule has 0 aliphatic rings. The third-order valence-corrected chi connectivity index (χ3v) is 3.44. The first-order valence-corrected chi connectivity index (χ1v) is 6.72. The van der Waals surface area contributed by atoms with E-state index in [2.05, 4.69) is 0 Å². The lowest BCUT2D eigenvalue weighted by Crippen LogP contribution is -2.40. The molecule has 0 spiro atoms. The van der Waals surface area contributed by atoms with Crippen LogP contribution in [0.4, 0.5) is 0 Å². The number of hydrogen-bond acceptors (Lipinski definition) is 4. The van der Waals surface area contributed by atoms with Crippen molar-refractivity contribution in [1.29, 1.82) is 0 Å². The van der Waals surface area contributed by atoms with E-state index in [-0.39, 0.29) is 6.61 Å². The van der Waals surface area contributed by atoms with Gasteiger partial charge >= 0.3 is 0 Å². The zero-order valence-electron chi connectivity index (χ0n) is 11.7. The molecule has 1 atom stereocenters. The van der Waals surface area contributed by atoms with Crippen molar-refractivity contribution in [2.75, 3.05) is 40.1 Å². The molecule has 0 heterocycles. The Morgan fingerprint density at radius 2 is 1.89 bits per heavy atom. The molecule has 0 radical (unpaired) electrons. The van der Waals surface area contributed by atoms with Gasteiger partial charge in [0.25, 0.3) is 0 Å². The van der Waals surface area contributed by atoms with Crippen molar-refractivity contribution in [3.8, 4) is 0 Å². The van der Waals surface area contributed by atoms with Gasteiger partial charge in [-0.3, -0.25) is 0 Å². The van der Waals surface area contributed by atoms with Crippen LogP contribution in [0.25, 0.3) is 0 Å². The molecule has 1 aromatic rings. The maximum Gasteiger partial charge on any atom is 0.0541 e. The Bertz CT molecular complexity index is 325. The summed E-state index contributed by atoms with van der Waals surface area (Å²) in [5.74, 6) is 0. The van der Waals surface area contributed by atoms with Gasteiger partial charge in [0.2, 0.25) is 0 Å². The molecule has 108 valence electrons. The van der Waals surface area contributed by atoms with Crippen LogP contribution in [0, 0.1) is 0 Å². The number of benzene rings is 1. The highest BCUT2D eigenvalue weighted by atomic mass is 16.5. The number of aliphatic hydroxyl groups is 1. The highest BCUT2D eigenvalue weighted by molar-refractivity contribution is 5.26. The number of ether oxygens (including phenoxy) is 2. The zero-order chi connectivity index (χ0) is 14.0. The lowest BCUT2D eigenvalue weighted by molar-refractivity contribution is 0.0782. The molecule has 1 rings (SSSR count). The summed E-state index contributed by atoms with van der Waals surface area (Å²) < 4.78 is 10.5. The van der Waals surface area contributed by atoms with E-state index < -0.39 is 5.41 Å². The number of nitrogens with two attached hydrogens (primary N) is 1. The third kappa shape index (κ3) is 4.91. The van der Waals surface area contributed by atoms with E-state index in [0.717, 1.165) is 18.4 Å². The lowest BCUT2D eigenvalue weighted by Gasteiger charge is -2.31. The third-order valence-electron chi connectivity index (χ3n) is 3.44. The summed E-state index contributed by atoms with van der Waals surface area (Å²) in [5, 5.41) is 9.72. The molecule has 1 aromatic carbocycles. The topological polar surface area (TPSA) is 64.7 Å². The zero-order valence-corrected chi connectivity index (χ0v) is 11.7. The van der Waals surface area contributed by atoms with Gasteiger partial charge in [-0.2, -0.15) is 0 Å². The summed E-state index contributed by atoms with van der Waals surface area (Å²) in [6, 6.07) is 9.91. The Morgan fingerprint density at radius 1 is 1.16 bits per heavy atom. The fraction of sp³-hybridized carbons (Fsp3) is 0.600. The van der Waals surface area contributed by atoms with Gasteiger partial charge in [-0.05, 0) is 18.4 Å². The second kappa shape index (κ2) is 9.04. The molecule has 0 saturated heterocycles. The number of rotatable bonds is 10. The van der Waals surface area contributed by atoms with Gasteiger partial charge < -0.3 is 20.3 Å². The molecule has 4 heteroatoms. The van der Waals surface area contributed by atoms with Crippen LogP contribution in [0.3, 0.4) is 0 Å². The Kier molecular flexibility index (Phi) is 7.67. The minimum Gasteiger partial charge on any atom is -0.395 e. The predicted octanol–water partition coefficient (Wildman–Crippen LogP) is 1.32. The molecule has 1 unspecified atom stereocenters. The van der Waals surface area contributed by atoms with Gasteiger partial charge in [-0.1, -0.05) is 30.3 Å². The van der Waals surface area contributed by atoms with E-state index in [4.69, 9.17) is 15.2 Å². The second-order valence-electron chi connectivity index (χ2n) is 4.72. The monoisotopic (exact) mass is 267 g/mol. The maximum absolute atomic E-state index is 9.72. The first kappa shape index (κ1) is 16.1. The first-order chi connectivity index (χ1) is 9.29. The van der Waals surface area contributed by atoms with E-state index in [0.29, 0.717) is 26.4 Å². The van der Waals surface area contributed by atoms with Crippen molar-refractivity contribution in [3.05, 3.63) is 35.9 Å². The molecule has 0 aromatic heterocycles. The van der Waals surface area contributed by atoms with Crippen LogP contribution in [-0.2, 0) is 14.9 Å². The molecule has 0 aliphatic carbocycles. The molecule has 0 saturated carbocycles. The number of aliphatic hydroxyl groups excluding tert-OH is 1. The Hall–Kier alpha value is -0.940. The normalized spacial score (nSPS) is 14.3. The summed E-state index contributed by atoms with van der Waals surface area (Å²) >= 11 is 0. The van der Waals surface area contributed by atoms with Crippen LogP contribution in [0.15, 0.2) is 30.3 Å². The SMILES string of the molecule is COCCCOCCC(CN)(CO)c1ccccc1. The van der Waals surface area contributed by atoms with Gasteiger partial charge in [0.1, 0.15) is 0 Å². The fourth-order valence-corrected chi connectivity index (χ4v) is 2.07. The smallest absolute Gasteiger partial charge is 0.0541 e. The van der Waals surface area contributed by atoms with Crippen molar-refractivity contribution in [3.63, 3.8) is 0 Å². The van der Waals surface area contributed by atoms with Crippen LogP contribution in [0.2, 0.25) is 0 Å². The average Bonchev–Trinajstić information content (AvgIpc) is 2.48. The largest absolute Gasteiger partial charge is 0.395 e. The molecule has 4 nitrogen and oxygen atoms in total. The van der Waals surface area contributed by atoms with Crippen LogP contribution in [-0.4, -0.2) is 45.2 Å². The molecule has 0 fully saturated rings. The van der Waals surface area contributed by atoms with E-state index in [1.54, 1.807) is 7.11 Å². The standard InChI is InChI=1S/C15H25NO3/c1-18-9-5-10-19-11-8-15(12-16,13-17)14-6-3-2-4-7-14/h2-4,6-7,17H,5,8-13,16H2,1H3. The van der Waals surface area contributed by atoms with Crippen LogP contribution >= 0.6 is 0 Å². The van der Waals surface area contributed by atoms with Crippen molar-refractivity contribution in [2.45, 2.75) is 18.3 Å². The average molecular weight is 267 g/mol. The van der Waals surface area contributed by atoms with E-state index in [1.807, 2.05) is 30.3 Å². The lowest BCUT2D eigenvalue weighted by atomic mass is 9.78. The van der Waals surface area contributed by atoms with Crippen molar-refractivity contribution in [2.24, 2.45) is 5.73 Å². The highest BCUT2D eigenvalue weighted by Crippen LogP contribution is 2.26. The number of hydrogen-bond donors (Lipinski definition) is 2. The van der Waals surface area contributed by atoms with Crippen molar-refractivity contribution >= 4 is 0 Å².